The highest BCUT2D eigenvalue weighted by Gasteiger charge is 2.10. The van der Waals surface area contributed by atoms with E-state index in [1.165, 1.54) is 25.1 Å². The molecule has 1 heterocycles. The van der Waals surface area contributed by atoms with Gasteiger partial charge < -0.3 is 4.98 Å². The van der Waals surface area contributed by atoms with Gasteiger partial charge in [0, 0.05) is 6.92 Å². The van der Waals surface area contributed by atoms with Crippen LogP contribution in [0, 0.1) is 0 Å². The Morgan fingerprint density at radius 1 is 1.47 bits per heavy atom. The van der Waals surface area contributed by atoms with Crippen molar-refractivity contribution < 1.29 is 13.2 Å². The Morgan fingerprint density at radius 2 is 2.18 bits per heavy atom. The number of aromatic nitrogens is 2. The van der Waals surface area contributed by atoms with E-state index in [4.69, 9.17) is 5.14 Å². The summed E-state index contributed by atoms with van der Waals surface area (Å²) < 4.78 is 22.3. The van der Waals surface area contributed by atoms with Gasteiger partial charge >= 0.3 is 0 Å². The molecule has 0 saturated carbocycles. The molecule has 0 spiro atoms. The summed E-state index contributed by atoms with van der Waals surface area (Å²) in [5.74, 6) is -0.00482. The fourth-order valence-corrected chi connectivity index (χ4v) is 1.93. The molecule has 0 fully saturated rings. The summed E-state index contributed by atoms with van der Waals surface area (Å²) in [6, 6.07) is 4.23. The van der Waals surface area contributed by atoms with Crippen LogP contribution in [0.1, 0.15) is 6.92 Å². The van der Waals surface area contributed by atoms with Gasteiger partial charge in [0.1, 0.15) is 0 Å². The average Bonchev–Trinajstić information content (AvgIpc) is 2.55. The van der Waals surface area contributed by atoms with E-state index in [0.717, 1.165) is 0 Å². The number of amides is 1. The van der Waals surface area contributed by atoms with Crippen LogP contribution in [-0.4, -0.2) is 24.3 Å². The number of hydrogen-bond donors (Lipinski definition) is 3. The van der Waals surface area contributed by atoms with Crippen LogP contribution in [0.25, 0.3) is 11.0 Å². The highest BCUT2D eigenvalue weighted by atomic mass is 32.2. The average molecular weight is 254 g/mol. The van der Waals surface area contributed by atoms with Gasteiger partial charge in [-0.15, -0.1) is 0 Å². The fourth-order valence-electron chi connectivity index (χ4n) is 1.39. The minimum Gasteiger partial charge on any atom is -0.324 e. The van der Waals surface area contributed by atoms with Crippen molar-refractivity contribution in [2.45, 2.75) is 11.8 Å². The molecule has 0 bridgehead atoms. The summed E-state index contributed by atoms with van der Waals surface area (Å²) in [4.78, 5) is 17.6. The quantitative estimate of drug-likeness (QED) is 0.707. The first kappa shape index (κ1) is 11.6. The number of benzene rings is 1. The number of nitrogens with zero attached hydrogens (tertiary/aromatic N) is 1. The van der Waals surface area contributed by atoms with Gasteiger partial charge in [0.2, 0.25) is 21.9 Å². The van der Waals surface area contributed by atoms with Gasteiger partial charge in [-0.2, -0.15) is 0 Å². The molecule has 90 valence electrons. The Kier molecular flexibility index (Phi) is 2.60. The monoisotopic (exact) mass is 254 g/mol. The van der Waals surface area contributed by atoms with Gasteiger partial charge in [-0.1, -0.05) is 0 Å². The number of sulfonamides is 1. The Bertz CT molecular complexity index is 689. The highest BCUT2D eigenvalue weighted by Crippen LogP contribution is 2.18. The van der Waals surface area contributed by atoms with E-state index in [2.05, 4.69) is 15.3 Å². The van der Waals surface area contributed by atoms with Gasteiger partial charge in [0.25, 0.3) is 0 Å². The van der Waals surface area contributed by atoms with Crippen LogP contribution < -0.4 is 10.5 Å². The Balaban J connectivity index is 2.52. The number of H-pyrrole nitrogens is 1. The molecule has 17 heavy (non-hydrogen) atoms. The van der Waals surface area contributed by atoms with Gasteiger partial charge in [0.15, 0.2) is 0 Å². The Labute approximate surface area is 97.1 Å². The molecule has 1 aromatic heterocycles. The zero-order valence-electron chi connectivity index (χ0n) is 8.89. The smallest absolute Gasteiger partial charge is 0.238 e. The SMILES string of the molecule is CC(=O)Nc1nc2ccc(S(N)(=O)=O)cc2[nH]1. The number of fused-ring (bicyclic) bond motifs is 1. The summed E-state index contributed by atoms with van der Waals surface area (Å²) in [7, 11) is -3.74. The van der Waals surface area contributed by atoms with Crippen LogP contribution in [0.15, 0.2) is 23.1 Å². The molecule has 0 aliphatic carbocycles. The van der Waals surface area contributed by atoms with Crippen molar-refractivity contribution in [1.82, 2.24) is 9.97 Å². The lowest BCUT2D eigenvalue weighted by Gasteiger charge is -1.96. The van der Waals surface area contributed by atoms with Crippen LogP contribution >= 0.6 is 0 Å². The minimum atomic E-state index is -3.74. The van der Waals surface area contributed by atoms with Crippen LogP contribution in [0.5, 0.6) is 0 Å². The molecule has 8 heteroatoms. The van der Waals surface area contributed by atoms with Gasteiger partial charge in [-0.3, -0.25) is 10.1 Å². The number of hydrogen-bond acceptors (Lipinski definition) is 4. The molecule has 0 radical (unpaired) electrons. The number of carbonyl (C=O) groups excluding carboxylic acids is 1. The molecule has 1 amide bonds. The minimum absolute atomic E-state index is 0.0111. The second-order valence-electron chi connectivity index (χ2n) is 3.49. The first-order chi connectivity index (χ1) is 7.86. The third-order valence-electron chi connectivity index (χ3n) is 2.08. The lowest BCUT2D eigenvalue weighted by molar-refractivity contribution is -0.114. The van der Waals surface area contributed by atoms with Crippen LogP contribution in [0.2, 0.25) is 0 Å². The number of primary sulfonamides is 1. The maximum absolute atomic E-state index is 11.1. The summed E-state index contributed by atoms with van der Waals surface area (Å²) in [6.45, 7) is 1.35. The second-order valence-corrected chi connectivity index (χ2v) is 5.05. The maximum Gasteiger partial charge on any atom is 0.238 e. The molecule has 1 aromatic carbocycles. The van der Waals surface area contributed by atoms with Gasteiger partial charge in [0.05, 0.1) is 15.9 Å². The van der Waals surface area contributed by atoms with Gasteiger partial charge in [-0.05, 0) is 18.2 Å². The lowest BCUT2D eigenvalue weighted by Crippen LogP contribution is -2.11. The predicted octanol–water partition coefficient (Wildman–Crippen LogP) is 0.169. The number of nitrogens with one attached hydrogen (secondary N) is 2. The first-order valence-electron chi connectivity index (χ1n) is 4.66. The molecule has 0 atom stereocenters. The van der Waals surface area contributed by atoms with Crippen LogP contribution in [0.3, 0.4) is 0 Å². The largest absolute Gasteiger partial charge is 0.324 e. The van der Waals surface area contributed by atoms with Crippen molar-refractivity contribution in [2.75, 3.05) is 5.32 Å². The van der Waals surface area contributed by atoms with E-state index in [9.17, 15) is 13.2 Å². The molecule has 0 aliphatic rings. The van der Waals surface area contributed by atoms with Crippen molar-refractivity contribution in [3.8, 4) is 0 Å². The lowest BCUT2D eigenvalue weighted by atomic mass is 10.3. The summed E-state index contributed by atoms with van der Waals surface area (Å²) in [5, 5.41) is 7.47. The van der Waals surface area contributed by atoms with Crippen molar-refractivity contribution >= 4 is 32.9 Å². The first-order valence-corrected chi connectivity index (χ1v) is 6.21. The van der Waals surface area contributed by atoms with Crippen molar-refractivity contribution in [1.29, 1.82) is 0 Å². The van der Waals surface area contributed by atoms with Crippen molar-refractivity contribution in [3.63, 3.8) is 0 Å². The summed E-state index contributed by atoms with van der Waals surface area (Å²) in [5.41, 5.74) is 1.03. The zero-order valence-corrected chi connectivity index (χ0v) is 9.71. The normalized spacial score (nSPS) is 11.6. The molecular formula is C9H10N4O3S. The number of rotatable bonds is 2. The molecule has 7 nitrogen and oxygen atoms in total. The molecular weight excluding hydrogens is 244 g/mol. The van der Waals surface area contributed by atoms with Gasteiger partial charge in [-0.25, -0.2) is 18.5 Å². The molecule has 2 rings (SSSR count). The Morgan fingerprint density at radius 3 is 2.76 bits per heavy atom. The fraction of sp³-hybridized carbons (Fsp3) is 0.111. The summed E-state index contributed by atoms with van der Waals surface area (Å²) in [6.07, 6.45) is 0. The number of imidazole rings is 1. The van der Waals surface area contributed by atoms with Crippen LogP contribution in [-0.2, 0) is 14.8 Å². The Hall–Kier alpha value is -1.93. The van der Waals surface area contributed by atoms with Crippen molar-refractivity contribution in [2.24, 2.45) is 5.14 Å². The third kappa shape index (κ3) is 2.43. The zero-order chi connectivity index (χ0) is 12.6. The predicted molar refractivity (Wildman–Crippen MR) is 61.8 cm³/mol. The topological polar surface area (TPSA) is 118 Å². The van der Waals surface area contributed by atoms with E-state index in [1.54, 1.807) is 0 Å². The van der Waals surface area contributed by atoms with Crippen LogP contribution in [0.4, 0.5) is 5.95 Å². The standard InChI is InChI=1S/C9H10N4O3S/c1-5(14)11-9-12-7-3-2-6(17(10,15)16)4-8(7)13-9/h2-4H,1H3,(H2,10,15,16)(H2,11,12,13,14). The second kappa shape index (κ2) is 3.82. The highest BCUT2D eigenvalue weighted by molar-refractivity contribution is 7.89. The van der Waals surface area contributed by atoms with E-state index in [1.807, 2.05) is 0 Å². The maximum atomic E-state index is 11.1. The molecule has 0 unspecified atom stereocenters. The summed E-state index contributed by atoms with van der Waals surface area (Å²) >= 11 is 0. The number of aromatic amines is 1. The molecule has 0 saturated heterocycles. The van der Waals surface area contributed by atoms with E-state index >= 15 is 0 Å². The number of anilines is 1. The molecule has 4 N–H and O–H groups in total. The van der Waals surface area contributed by atoms with E-state index in [-0.39, 0.29) is 16.8 Å². The third-order valence-corrected chi connectivity index (χ3v) is 2.99. The number of nitrogens with two attached hydrogens (primary N) is 1. The van der Waals surface area contributed by atoms with E-state index < -0.39 is 10.0 Å². The molecule has 2 aromatic rings. The van der Waals surface area contributed by atoms with Crippen molar-refractivity contribution in [3.05, 3.63) is 18.2 Å². The van der Waals surface area contributed by atoms with E-state index in [0.29, 0.717) is 11.0 Å². The molecule has 0 aliphatic heterocycles. The number of carbonyl (C=O) groups is 1.